The summed E-state index contributed by atoms with van der Waals surface area (Å²) in [5.74, 6) is -0.0429. The zero-order chi connectivity index (χ0) is 9.72. The number of rotatable bonds is 4. The first-order chi connectivity index (χ1) is 5.43. The Morgan fingerprint density at radius 2 is 1.67 bits per heavy atom. The van der Waals surface area contributed by atoms with E-state index in [0.717, 1.165) is 0 Å². The van der Waals surface area contributed by atoms with Crippen molar-refractivity contribution in [3.63, 3.8) is 0 Å². The molecule has 0 rings (SSSR count). The minimum absolute atomic E-state index is 0.0429. The van der Waals surface area contributed by atoms with Gasteiger partial charge in [-0.15, -0.1) is 0 Å². The molecule has 0 fully saturated rings. The molecule has 12 heavy (non-hydrogen) atoms. The van der Waals surface area contributed by atoms with Crippen LogP contribution in [0.3, 0.4) is 0 Å². The first kappa shape index (κ1) is 11.4. The first-order valence-corrected chi connectivity index (χ1v) is 4.39. The molecule has 0 saturated carbocycles. The maximum Gasteiger partial charge on any atom is 0.249 e. The van der Waals surface area contributed by atoms with Gasteiger partial charge < -0.3 is 10.1 Å². The maximum atomic E-state index is 11.3. The molecular formula is C9H19NO2. The van der Waals surface area contributed by atoms with Gasteiger partial charge >= 0.3 is 0 Å². The minimum Gasteiger partial charge on any atom is -0.366 e. The number of nitrogens with one attached hydrogen (secondary N) is 1. The third kappa shape index (κ3) is 5.13. The van der Waals surface area contributed by atoms with Gasteiger partial charge in [0.1, 0.15) is 6.10 Å². The van der Waals surface area contributed by atoms with Gasteiger partial charge in [-0.2, -0.15) is 0 Å². The van der Waals surface area contributed by atoms with Crippen LogP contribution in [0.2, 0.25) is 0 Å². The Morgan fingerprint density at radius 3 is 2.00 bits per heavy atom. The lowest BCUT2D eigenvalue weighted by atomic mass is 10.3. The second-order valence-corrected chi connectivity index (χ2v) is 3.49. The molecule has 0 aromatic heterocycles. The summed E-state index contributed by atoms with van der Waals surface area (Å²) in [4.78, 5) is 11.3. The van der Waals surface area contributed by atoms with Crippen LogP contribution in [0.15, 0.2) is 0 Å². The van der Waals surface area contributed by atoms with Crippen LogP contribution in [0, 0.1) is 0 Å². The fraction of sp³-hybridized carbons (Fsp3) is 0.889. The number of hydrogen-bond donors (Lipinski definition) is 1. The monoisotopic (exact) mass is 173 g/mol. The maximum absolute atomic E-state index is 11.3. The van der Waals surface area contributed by atoms with Gasteiger partial charge in [-0.05, 0) is 34.6 Å². The van der Waals surface area contributed by atoms with E-state index in [4.69, 9.17) is 4.74 Å². The molecule has 0 heterocycles. The van der Waals surface area contributed by atoms with Crippen LogP contribution in [-0.4, -0.2) is 24.2 Å². The quantitative estimate of drug-likeness (QED) is 0.696. The highest BCUT2D eigenvalue weighted by Gasteiger charge is 2.14. The molecular weight excluding hydrogens is 154 g/mol. The average Bonchev–Trinajstić information content (AvgIpc) is 1.84. The Hall–Kier alpha value is -0.570. The van der Waals surface area contributed by atoms with Gasteiger partial charge in [0.05, 0.1) is 6.10 Å². The van der Waals surface area contributed by atoms with Crippen molar-refractivity contribution in [2.24, 2.45) is 0 Å². The minimum atomic E-state index is -0.354. The molecule has 0 spiro atoms. The zero-order valence-corrected chi connectivity index (χ0v) is 8.55. The third-order valence-electron chi connectivity index (χ3n) is 1.28. The standard InChI is InChI=1S/C9H19NO2/c1-6(2)10-9(11)8(5)12-7(3)4/h6-8H,1-5H3,(H,10,11). The molecule has 3 heteroatoms. The second kappa shape index (κ2) is 5.14. The van der Waals surface area contributed by atoms with E-state index >= 15 is 0 Å². The summed E-state index contributed by atoms with van der Waals surface area (Å²) < 4.78 is 5.30. The SMILES string of the molecule is CC(C)NC(=O)C(C)OC(C)C. The van der Waals surface area contributed by atoms with Gasteiger partial charge in [0.25, 0.3) is 0 Å². The summed E-state index contributed by atoms with van der Waals surface area (Å²) in [6.45, 7) is 9.45. The number of hydrogen-bond acceptors (Lipinski definition) is 2. The normalized spacial score (nSPS) is 13.6. The van der Waals surface area contributed by atoms with Crippen molar-refractivity contribution < 1.29 is 9.53 Å². The molecule has 72 valence electrons. The molecule has 0 aromatic rings. The van der Waals surface area contributed by atoms with Gasteiger partial charge in [0, 0.05) is 6.04 Å². The van der Waals surface area contributed by atoms with Crippen molar-refractivity contribution in [3.05, 3.63) is 0 Å². The Balaban J connectivity index is 3.77. The summed E-state index contributed by atoms with van der Waals surface area (Å²) in [6.07, 6.45) is -0.259. The summed E-state index contributed by atoms with van der Waals surface area (Å²) >= 11 is 0. The molecule has 1 N–H and O–H groups in total. The largest absolute Gasteiger partial charge is 0.366 e. The predicted molar refractivity (Wildman–Crippen MR) is 49.0 cm³/mol. The fourth-order valence-corrected chi connectivity index (χ4v) is 0.872. The number of carbonyl (C=O) groups is 1. The predicted octanol–water partition coefficient (Wildman–Crippen LogP) is 1.32. The van der Waals surface area contributed by atoms with Crippen molar-refractivity contribution >= 4 is 5.91 Å². The second-order valence-electron chi connectivity index (χ2n) is 3.49. The average molecular weight is 173 g/mol. The van der Waals surface area contributed by atoms with Crippen molar-refractivity contribution in [3.8, 4) is 0 Å². The van der Waals surface area contributed by atoms with Gasteiger partial charge in [0.15, 0.2) is 0 Å². The van der Waals surface area contributed by atoms with Crippen LogP contribution in [0.25, 0.3) is 0 Å². The third-order valence-corrected chi connectivity index (χ3v) is 1.28. The van der Waals surface area contributed by atoms with Crippen molar-refractivity contribution in [1.82, 2.24) is 5.32 Å². The van der Waals surface area contributed by atoms with Crippen LogP contribution in [-0.2, 0) is 9.53 Å². The van der Waals surface area contributed by atoms with Gasteiger partial charge in [-0.25, -0.2) is 0 Å². The Bertz CT molecular complexity index is 143. The van der Waals surface area contributed by atoms with E-state index in [2.05, 4.69) is 5.32 Å². The van der Waals surface area contributed by atoms with E-state index in [1.165, 1.54) is 0 Å². The zero-order valence-electron chi connectivity index (χ0n) is 8.55. The number of ether oxygens (including phenoxy) is 1. The van der Waals surface area contributed by atoms with E-state index in [1.54, 1.807) is 6.92 Å². The molecule has 0 aromatic carbocycles. The van der Waals surface area contributed by atoms with Crippen LogP contribution in [0.4, 0.5) is 0 Å². The van der Waals surface area contributed by atoms with E-state index < -0.39 is 0 Å². The fourth-order valence-electron chi connectivity index (χ4n) is 0.872. The van der Waals surface area contributed by atoms with E-state index in [-0.39, 0.29) is 24.2 Å². The van der Waals surface area contributed by atoms with Gasteiger partial charge in [-0.1, -0.05) is 0 Å². The molecule has 0 saturated heterocycles. The molecule has 1 amide bonds. The smallest absolute Gasteiger partial charge is 0.249 e. The van der Waals surface area contributed by atoms with Crippen LogP contribution < -0.4 is 5.32 Å². The summed E-state index contributed by atoms with van der Waals surface area (Å²) in [6, 6.07) is 0.177. The lowest BCUT2D eigenvalue weighted by molar-refractivity contribution is -0.134. The Kier molecular flexibility index (Phi) is 4.90. The van der Waals surface area contributed by atoms with E-state index in [0.29, 0.717) is 0 Å². The summed E-state index contributed by atoms with van der Waals surface area (Å²) in [5.41, 5.74) is 0. The lowest BCUT2D eigenvalue weighted by Crippen LogP contribution is -2.39. The van der Waals surface area contributed by atoms with Crippen molar-refractivity contribution in [1.29, 1.82) is 0 Å². The highest BCUT2D eigenvalue weighted by atomic mass is 16.5. The summed E-state index contributed by atoms with van der Waals surface area (Å²) in [5, 5.41) is 2.78. The highest BCUT2D eigenvalue weighted by Crippen LogP contribution is 1.97. The molecule has 1 atom stereocenters. The van der Waals surface area contributed by atoms with Crippen molar-refractivity contribution in [2.75, 3.05) is 0 Å². The van der Waals surface area contributed by atoms with Crippen LogP contribution in [0.1, 0.15) is 34.6 Å². The molecule has 0 aliphatic heterocycles. The molecule has 0 aliphatic carbocycles. The molecule has 0 aliphatic rings. The molecule has 0 bridgehead atoms. The van der Waals surface area contributed by atoms with E-state index in [9.17, 15) is 4.79 Å². The molecule has 1 unspecified atom stereocenters. The van der Waals surface area contributed by atoms with E-state index in [1.807, 2.05) is 27.7 Å². The van der Waals surface area contributed by atoms with Crippen molar-refractivity contribution in [2.45, 2.75) is 52.9 Å². The van der Waals surface area contributed by atoms with Crippen LogP contribution in [0.5, 0.6) is 0 Å². The molecule has 0 radical (unpaired) electrons. The van der Waals surface area contributed by atoms with Gasteiger partial charge in [0.2, 0.25) is 5.91 Å². The number of carbonyl (C=O) groups excluding carboxylic acids is 1. The van der Waals surface area contributed by atoms with Crippen LogP contribution >= 0.6 is 0 Å². The number of amides is 1. The molecule has 3 nitrogen and oxygen atoms in total. The Labute approximate surface area is 74.5 Å². The van der Waals surface area contributed by atoms with Gasteiger partial charge in [-0.3, -0.25) is 4.79 Å². The topological polar surface area (TPSA) is 38.3 Å². The first-order valence-electron chi connectivity index (χ1n) is 4.39. The Morgan fingerprint density at radius 1 is 1.17 bits per heavy atom. The summed E-state index contributed by atoms with van der Waals surface area (Å²) in [7, 11) is 0. The lowest BCUT2D eigenvalue weighted by Gasteiger charge is -2.17. The highest BCUT2D eigenvalue weighted by molar-refractivity contribution is 5.80.